The van der Waals surface area contributed by atoms with E-state index >= 15 is 0 Å². The molecule has 5 saturated carbocycles. The standard InChI is InChI=1S/C15H24N2O/c16-15(2-1-3-15)14(18)17-13-11-5-9-4-10(7-11)8-12(13)6-9/h9-13H,1-8,16H2,(H,17,18). The van der Waals surface area contributed by atoms with Gasteiger partial charge in [0.1, 0.15) is 0 Å². The molecular weight excluding hydrogens is 224 g/mol. The molecule has 5 rings (SSSR count). The summed E-state index contributed by atoms with van der Waals surface area (Å²) in [6.07, 6.45) is 9.77. The van der Waals surface area contributed by atoms with Gasteiger partial charge < -0.3 is 11.1 Å². The molecule has 0 spiro atoms. The van der Waals surface area contributed by atoms with Gasteiger partial charge in [0, 0.05) is 6.04 Å². The molecule has 3 N–H and O–H groups in total. The number of hydrogen-bond donors (Lipinski definition) is 2. The monoisotopic (exact) mass is 248 g/mol. The van der Waals surface area contributed by atoms with Crippen LogP contribution >= 0.6 is 0 Å². The Hall–Kier alpha value is -0.570. The smallest absolute Gasteiger partial charge is 0.240 e. The van der Waals surface area contributed by atoms with Crippen LogP contribution in [0.2, 0.25) is 0 Å². The summed E-state index contributed by atoms with van der Waals surface area (Å²) in [6, 6.07) is 0.450. The summed E-state index contributed by atoms with van der Waals surface area (Å²) in [5.41, 5.74) is 5.62. The van der Waals surface area contributed by atoms with E-state index in [9.17, 15) is 4.79 Å². The van der Waals surface area contributed by atoms with Gasteiger partial charge in [0.05, 0.1) is 5.54 Å². The van der Waals surface area contributed by atoms with E-state index in [1.54, 1.807) is 0 Å². The minimum absolute atomic E-state index is 0.145. The van der Waals surface area contributed by atoms with E-state index in [0.717, 1.165) is 42.9 Å². The number of carbonyl (C=O) groups is 1. The molecule has 0 saturated heterocycles. The Labute approximate surface area is 109 Å². The summed E-state index contributed by atoms with van der Waals surface area (Å²) in [5.74, 6) is 3.60. The van der Waals surface area contributed by atoms with Crippen molar-refractivity contribution in [2.45, 2.75) is 62.9 Å². The van der Waals surface area contributed by atoms with Crippen molar-refractivity contribution in [1.29, 1.82) is 0 Å². The van der Waals surface area contributed by atoms with Gasteiger partial charge in [0.2, 0.25) is 5.91 Å². The van der Waals surface area contributed by atoms with Crippen LogP contribution in [0.4, 0.5) is 0 Å². The van der Waals surface area contributed by atoms with E-state index < -0.39 is 5.54 Å². The Balaban J connectivity index is 1.47. The average molecular weight is 248 g/mol. The molecule has 0 aromatic carbocycles. The van der Waals surface area contributed by atoms with E-state index in [1.807, 2.05) is 0 Å². The lowest BCUT2D eigenvalue weighted by Gasteiger charge is -2.55. The molecule has 5 aliphatic rings. The first-order chi connectivity index (χ1) is 8.64. The minimum atomic E-state index is -0.519. The van der Waals surface area contributed by atoms with Crippen LogP contribution in [0.25, 0.3) is 0 Å². The third-order valence-corrected chi connectivity index (χ3v) is 6.22. The van der Waals surface area contributed by atoms with Crippen molar-refractivity contribution in [3.63, 3.8) is 0 Å². The van der Waals surface area contributed by atoms with Gasteiger partial charge in [-0.1, -0.05) is 0 Å². The zero-order valence-electron chi connectivity index (χ0n) is 11.0. The van der Waals surface area contributed by atoms with Crippen molar-refractivity contribution in [3.05, 3.63) is 0 Å². The lowest BCUT2D eigenvalue weighted by molar-refractivity contribution is -0.133. The minimum Gasteiger partial charge on any atom is -0.351 e. The number of amides is 1. The third-order valence-electron chi connectivity index (χ3n) is 6.22. The number of nitrogens with two attached hydrogens (primary N) is 1. The Morgan fingerprint density at radius 1 is 1.00 bits per heavy atom. The molecule has 5 aliphatic carbocycles. The molecule has 5 fully saturated rings. The van der Waals surface area contributed by atoms with Gasteiger partial charge in [-0.15, -0.1) is 0 Å². The van der Waals surface area contributed by atoms with Crippen LogP contribution in [-0.4, -0.2) is 17.5 Å². The van der Waals surface area contributed by atoms with Crippen LogP contribution in [0.5, 0.6) is 0 Å². The van der Waals surface area contributed by atoms with Crippen molar-refractivity contribution in [3.8, 4) is 0 Å². The quantitative estimate of drug-likeness (QED) is 0.783. The van der Waals surface area contributed by atoms with Gasteiger partial charge in [-0.25, -0.2) is 0 Å². The lowest BCUT2D eigenvalue weighted by atomic mass is 9.54. The Morgan fingerprint density at radius 3 is 2.00 bits per heavy atom. The summed E-state index contributed by atoms with van der Waals surface area (Å²) >= 11 is 0. The van der Waals surface area contributed by atoms with Crippen LogP contribution in [0, 0.1) is 23.7 Å². The fourth-order valence-corrected chi connectivity index (χ4v) is 5.24. The zero-order valence-corrected chi connectivity index (χ0v) is 11.0. The van der Waals surface area contributed by atoms with Gasteiger partial charge in [0.25, 0.3) is 0 Å². The highest BCUT2D eigenvalue weighted by Crippen LogP contribution is 2.53. The van der Waals surface area contributed by atoms with E-state index in [1.165, 1.54) is 32.1 Å². The first-order valence-corrected chi connectivity index (χ1v) is 7.74. The largest absolute Gasteiger partial charge is 0.351 e. The van der Waals surface area contributed by atoms with E-state index in [4.69, 9.17) is 5.73 Å². The molecule has 4 bridgehead atoms. The molecule has 0 atom stereocenters. The van der Waals surface area contributed by atoms with Crippen molar-refractivity contribution < 1.29 is 4.79 Å². The lowest BCUT2D eigenvalue weighted by Crippen LogP contribution is -2.64. The second-order valence-electron chi connectivity index (χ2n) is 7.44. The van der Waals surface area contributed by atoms with E-state index in [-0.39, 0.29) is 5.91 Å². The Kier molecular flexibility index (Phi) is 2.33. The molecule has 0 unspecified atom stereocenters. The van der Waals surface area contributed by atoms with Crippen LogP contribution < -0.4 is 11.1 Å². The maximum absolute atomic E-state index is 12.3. The van der Waals surface area contributed by atoms with Gasteiger partial charge in [-0.3, -0.25) is 4.79 Å². The molecule has 3 heteroatoms. The normalized spacial score (nSPS) is 47.7. The predicted molar refractivity (Wildman–Crippen MR) is 69.7 cm³/mol. The molecular formula is C15H24N2O. The second kappa shape index (κ2) is 3.72. The number of nitrogens with one attached hydrogen (secondary N) is 1. The zero-order chi connectivity index (χ0) is 12.3. The Morgan fingerprint density at radius 2 is 1.56 bits per heavy atom. The van der Waals surface area contributed by atoms with Crippen LogP contribution in [-0.2, 0) is 4.79 Å². The van der Waals surface area contributed by atoms with Crippen molar-refractivity contribution in [1.82, 2.24) is 5.32 Å². The predicted octanol–water partition coefficient (Wildman–Crippen LogP) is 1.81. The maximum Gasteiger partial charge on any atom is 0.240 e. The fraction of sp³-hybridized carbons (Fsp3) is 0.933. The molecule has 3 nitrogen and oxygen atoms in total. The van der Waals surface area contributed by atoms with Gasteiger partial charge in [-0.2, -0.15) is 0 Å². The van der Waals surface area contributed by atoms with Crippen LogP contribution in [0.3, 0.4) is 0 Å². The molecule has 0 aromatic heterocycles. The summed E-state index contributed by atoms with van der Waals surface area (Å²) in [7, 11) is 0. The molecule has 1 amide bonds. The summed E-state index contributed by atoms with van der Waals surface area (Å²) in [6.45, 7) is 0. The number of carbonyl (C=O) groups excluding carboxylic acids is 1. The van der Waals surface area contributed by atoms with E-state index in [2.05, 4.69) is 5.32 Å². The average Bonchev–Trinajstić information content (AvgIpc) is 2.29. The first-order valence-electron chi connectivity index (χ1n) is 7.74. The first kappa shape index (κ1) is 11.3. The topological polar surface area (TPSA) is 55.1 Å². The van der Waals surface area contributed by atoms with Crippen molar-refractivity contribution in [2.24, 2.45) is 29.4 Å². The number of hydrogen-bond acceptors (Lipinski definition) is 2. The molecule has 0 aliphatic heterocycles. The SMILES string of the molecule is NC1(C(=O)NC2C3CC4CC(C3)CC2C4)CCC1. The van der Waals surface area contributed by atoms with Crippen LogP contribution in [0.1, 0.15) is 51.4 Å². The molecule has 0 radical (unpaired) electrons. The summed E-state index contributed by atoms with van der Waals surface area (Å²) < 4.78 is 0. The van der Waals surface area contributed by atoms with Crippen LogP contribution in [0.15, 0.2) is 0 Å². The van der Waals surface area contributed by atoms with E-state index in [0.29, 0.717) is 6.04 Å². The Bertz CT molecular complexity index is 347. The highest BCUT2D eigenvalue weighted by molar-refractivity contribution is 5.87. The summed E-state index contributed by atoms with van der Waals surface area (Å²) in [4.78, 5) is 12.3. The molecule has 0 heterocycles. The number of rotatable bonds is 2. The van der Waals surface area contributed by atoms with Gasteiger partial charge in [0.15, 0.2) is 0 Å². The molecule has 0 aromatic rings. The molecule has 18 heavy (non-hydrogen) atoms. The van der Waals surface area contributed by atoms with Gasteiger partial charge >= 0.3 is 0 Å². The third kappa shape index (κ3) is 1.56. The second-order valence-corrected chi connectivity index (χ2v) is 7.44. The fourth-order valence-electron chi connectivity index (χ4n) is 5.24. The van der Waals surface area contributed by atoms with Crippen molar-refractivity contribution in [2.75, 3.05) is 0 Å². The van der Waals surface area contributed by atoms with Crippen molar-refractivity contribution >= 4 is 5.91 Å². The summed E-state index contributed by atoms with van der Waals surface area (Å²) in [5, 5.41) is 3.34. The highest BCUT2D eigenvalue weighted by Gasteiger charge is 2.50. The highest BCUT2D eigenvalue weighted by atomic mass is 16.2. The molecule has 100 valence electrons. The van der Waals surface area contributed by atoms with Gasteiger partial charge in [-0.05, 0) is 75.0 Å². The maximum atomic E-state index is 12.3.